The number of ketones is 1. The summed E-state index contributed by atoms with van der Waals surface area (Å²) < 4.78 is 17.7. The first-order valence-corrected chi connectivity index (χ1v) is 7.83. The summed E-state index contributed by atoms with van der Waals surface area (Å²) >= 11 is 0. The van der Waals surface area contributed by atoms with Gasteiger partial charge in [0.15, 0.2) is 0 Å². The van der Waals surface area contributed by atoms with Crippen molar-refractivity contribution in [3.63, 3.8) is 0 Å². The summed E-state index contributed by atoms with van der Waals surface area (Å²) in [6.07, 6.45) is 0.133. The number of carbonyl (C=O) groups excluding carboxylic acids is 5. The highest BCUT2D eigenvalue weighted by Gasteiger charge is 2.19. The highest BCUT2D eigenvalue weighted by atomic mass is 16.6. The number of Topliss-reactive ketones (excluding diaryl/α,β-unsaturated/α-hetero) is 1. The van der Waals surface area contributed by atoms with Crippen LogP contribution in [-0.2, 0) is 42.9 Å². The van der Waals surface area contributed by atoms with Crippen molar-refractivity contribution >= 4 is 29.7 Å². The lowest BCUT2D eigenvalue weighted by molar-refractivity contribution is -0.157. The lowest BCUT2D eigenvalue weighted by Crippen LogP contribution is -2.21. The molecule has 0 aliphatic carbocycles. The number of aliphatic hydroxyl groups is 1. The average molecular weight is 376 g/mol. The molecule has 0 aliphatic heterocycles. The molecule has 0 aromatic rings. The summed E-state index contributed by atoms with van der Waals surface area (Å²) in [6, 6.07) is 0. The minimum Gasteiger partial charge on any atom is -0.502 e. The molecular formula is C16H24O10. The van der Waals surface area contributed by atoms with Gasteiger partial charge in [-0.05, 0) is 27.7 Å². The van der Waals surface area contributed by atoms with Crippen molar-refractivity contribution in [1.82, 2.24) is 0 Å². The third kappa shape index (κ3) is 13.5. The van der Waals surface area contributed by atoms with Crippen molar-refractivity contribution in [3.8, 4) is 0 Å². The molecule has 10 nitrogen and oxygen atoms in total. The molecule has 0 aromatic heterocycles. The second-order valence-electron chi connectivity index (χ2n) is 4.13. The average Bonchev–Trinajstić information content (AvgIpc) is 2.56. The zero-order valence-corrected chi connectivity index (χ0v) is 15.2. The zero-order valence-electron chi connectivity index (χ0n) is 15.2. The summed E-state index contributed by atoms with van der Waals surface area (Å²) in [5.41, 5.74) is 0. The van der Waals surface area contributed by atoms with Crippen LogP contribution in [0.2, 0.25) is 0 Å². The Kier molecular flexibility index (Phi) is 15.2. The number of hydrogen-bond acceptors (Lipinski definition) is 10. The van der Waals surface area contributed by atoms with Crippen molar-refractivity contribution in [2.75, 3.05) is 26.4 Å². The lowest BCUT2D eigenvalue weighted by Gasteiger charge is -2.00. The number of hydrogen-bond donors (Lipinski definition) is 1. The van der Waals surface area contributed by atoms with E-state index in [4.69, 9.17) is 5.11 Å². The number of ether oxygens (including phenoxy) is 4. The first-order valence-electron chi connectivity index (χ1n) is 7.83. The van der Waals surface area contributed by atoms with E-state index in [9.17, 15) is 24.0 Å². The fourth-order valence-corrected chi connectivity index (χ4v) is 1.19. The van der Waals surface area contributed by atoms with Gasteiger partial charge < -0.3 is 24.1 Å². The Balaban J connectivity index is 0. The molecule has 10 heteroatoms. The second-order valence-corrected chi connectivity index (χ2v) is 4.13. The van der Waals surface area contributed by atoms with Gasteiger partial charge in [0.2, 0.25) is 5.76 Å². The Hall–Kier alpha value is -2.91. The third-order valence-electron chi connectivity index (χ3n) is 2.14. The van der Waals surface area contributed by atoms with Crippen molar-refractivity contribution in [2.24, 2.45) is 0 Å². The summed E-state index contributed by atoms with van der Waals surface area (Å²) in [4.78, 5) is 53.7. The van der Waals surface area contributed by atoms with Gasteiger partial charge in [-0.15, -0.1) is 0 Å². The first-order chi connectivity index (χ1) is 12.2. The van der Waals surface area contributed by atoms with E-state index in [2.05, 4.69) is 18.9 Å². The molecule has 0 rings (SSSR count). The van der Waals surface area contributed by atoms with Crippen LogP contribution in [0.25, 0.3) is 0 Å². The summed E-state index contributed by atoms with van der Waals surface area (Å²) in [5, 5.41) is 8.93. The molecule has 1 N–H and O–H groups in total. The van der Waals surface area contributed by atoms with Gasteiger partial charge in [0, 0.05) is 0 Å². The van der Waals surface area contributed by atoms with Gasteiger partial charge >= 0.3 is 23.9 Å². The Morgan fingerprint density at radius 3 is 1.65 bits per heavy atom. The van der Waals surface area contributed by atoms with Gasteiger partial charge in [-0.3, -0.25) is 9.59 Å². The van der Waals surface area contributed by atoms with E-state index in [1.54, 1.807) is 27.7 Å². The summed E-state index contributed by atoms with van der Waals surface area (Å²) in [6.45, 7) is 7.04. The molecule has 0 saturated carbocycles. The van der Waals surface area contributed by atoms with Crippen molar-refractivity contribution < 1.29 is 48.0 Å². The molecule has 0 unspecified atom stereocenters. The van der Waals surface area contributed by atoms with Crippen LogP contribution in [0.15, 0.2) is 11.8 Å². The van der Waals surface area contributed by atoms with Crippen LogP contribution in [0, 0.1) is 0 Å². The van der Waals surface area contributed by atoms with Gasteiger partial charge in [0.1, 0.15) is 6.42 Å². The lowest BCUT2D eigenvalue weighted by atomic mass is 10.3. The predicted octanol–water partition coefficient (Wildman–Crippen LogP) is 0.626. The number of aliphatic hydroxyl groups excluding tert-OH is 1. The molecule has 26 heavy (non-hydrogen) atoms. The van der Waals surface area contributed by atoms with Crippen LogP contribution in [-0.4, -0.2) is 61.2 Å². The van der Waals surface area contributed by atoms with Crippen molar-refractivity contribution in [3.05, 3.63) is 11.8 Å². The molecule has 0 atom stereocenters. The maximum absolute atomic E-state index is 10.8. The molecule has 148 valence electrons. The number of rotatable bonds is 9. The zero-order chi connectivity index (χ0) is 20.5. The van der Waals surface area contributed by atoms with Gasteiger partial charge in [-0.25, -0.2) is 14.4 Å². The van der Waals surface area contributed by atoms with Crippen molar-refractivity contribution in [1.29, 1.82) is 0 Å². The summed E-state index contributed by atoms with van der Waals surface area (Å²) in [5.74, 6) is -5.03. The molecule has 0 aliphatic rings. The number of carbonyl (C=O) groups is 5. The van der Waals surface area contributed by atoms with Gasteiger partial charge in [0.25, 0.3) is 5.78 Å². The molecule has 0 heterocycles. The summed E-state index contributed by atoms with van der Waals surface area (Å²) in [7, 11) is 0. The van der Waals surface area contributed by atoms with Crippen LogP contribution in [0.4, 0.5) is 0 Å². The molecule has 0 aromatic carbocycles. The fraction of sp³-hybridized carbons (Fsp3) is 0.562. The van der Waals surface area contributed by atoms with E-state index in [0.29, 0.717) is 6.08 Å². The van der Waals surface area contributed by atoms with Crippen LogP contribution in [0.3, 0.4) is 0 Å². The third-order valence-corrected chi connectivity index (χ3v) is 2.14. The normalized spacial score (nSPS) is 9.92. The Morgan fingerprint density at radius 2 is 1.19 bits per heavy atom. The van der Waals surface area contributed by atoms with E-state index in [0.717, 1.165) is 0 Å². The molecule has 0 amide bonds. The van der Waals surface area contributed by atoms with Crippen LogP contribution in [0.1, 0.15) is 34.1 Å². The van der Waals surface area contributed by atoms with E-state index in [1.807, 2.05) is 0 Å². The highest BCUT2D eigenvalue weighted by molar-refractivity contribution is 6.36. The Labute approximate surface area is 151 Å². The maximum Gasteiger partial charge on any atom is 0.375 e. The second kappa shape index (κ2) is 15.6. The molecule has 0 saturated heterocycles. The fourth-order valence-electron chi connectivity index (χ4n) is 1.19. The quantitative estimate of drug-likeness (QED) is 0.152. The minimum atomic E-state index is -0.990. The SMILES string of the molecule is CCOC(=O)/C=C(\O)C(=O)OCC.CCOC(=O)CC(=O)C(=O)OCC. The Bertz CT molecular complexity index is 521. The standard InChI is InChI=1S/2C8H12O5/c2*1-3-12-7(10)5-6(9)8(11)13-4-2/h3-5H2,1-2H3;5,9H,3-4H2,1-2H3/b;6-5-. The molecule has 0 spiro atoms. The topological polar surface area (TPSA) is 142 Å². The van der Waals surface area contributed by atoms with Gasteiger partial charge in [-0.1, -0.05) is 0 Å². The Morgan fingerprint density at radius 1 is 0.731 bits per heavy atom. The molecule has 0 fully saturated rings. The smallest absolute Gasteiger partial charge is 0.375 e. The van der Waals surface area contributed by atoms with Gasteiger partial charge in [-0.2, -0.15) is 0 Å². The largest absolute Gasteiger partial charge is 0.502 e. The molecular weight excluding hydrogens is 352 g/mol. The predicted molar refractivity (Wildman–Crippen MR) is 86.9 cm³/mol. The van der Waals surface area contributed by atoms with E-state index in [-0.39, 0.29) is 26.4 Å². The highest BCUT2D eigenvalue weighted by Crippen LogP contribution is 1.94. The molecule has 0 radical (unpaired) electrons. The van der Waals surface area contributed by atoms with Crippen LogP contribution >= 0.6 is 0 Å². The van der Waals surface area contributed by atoms with Gasteiger partial charge in [0.05, 0.1) is 32.5 Å². The maximum atomic E-state index is 10.8. The van der Waals surface area contributed by atoms with Crippen LogP contribution < -0.4 is 0 Å². The van der Waals surface area contributed by atoms with E-state index >= 15 is 0 Å². The monoisotopic (exact) mass is 376 g/mol. The van der Waals surface area contributed by atoms with E-state index < -0.39 is 41.8 Å². The molecule has 0 bridgehead atoms. The van der Waals surface area contributed by atoms with E-state index in [1.165, 1.54) is 0 Å². The van der Waals surface area contributed by atoms with Crippen LogP contribution in [0.5, 0.6) is 0 Å². The minimum absolute atomic E-state index is 0.118. The first kappa shape index (κ1) is 25.3. The number of esters is 4. The van der Waals surface area contributed by atoms with Crippen molar-refractivity contribution in [2.45, 2.75) is 34.1 Å².